The number of aliphatic carboxylic acids is 1. The van der Waals surface area contributed by atoms with Gasteiger partial charge in [-0.05, 0) is 62.9 Å². The Kier molecular flexibility index (Phi) is 10.2. The fraction of sp³-hybridized carbons (Fsp3) is 0.640. The van der Waals surface area contributed by atoms with Crippen LogP contribution in [0.25, 0.3) is 0 Å². The van der Waals surface area contributed by atoms with E-state index in [-0.39, 0.29) is 30.2 Å². The number of carbonyl (C=O) groups excluding carboxylic acids is 2. The van der Waals surface area contributed by atoms with Gasteiger partial charge in [0.2, 0.25) is 5.91 Å². The molecule has 0 saturated carbocycles. The molecule has 8 heteroatoms. The Hall–Kier alpha value is -2.61. The lowest BCUT2D eigenvalue weighted by molar-refractivity contribution is -0.143. The monoisotopic (exact) mass is 461 g/mol. The van der Waals surface area contributed by atoms with Crippen LogP contribution in [0.3, 0.4) is 0 Å². The average molecular weight is 462 g/mol. The number of nitrogens with zero attached hydrogens (tertiary/aromatic N) is 1. The standard InChI is InChI=1S/C25H39N3O5/c1-5-25(13-6-7-15-28(4)17-25)19-10-8-11-20(16-19)33-24(32)26-14-9-12-21(29)27-22(18(2)3)23(30)31/h8,10-11,16,18,22H,5-7,9,12-15,17H2,1-4H3,(H,26,32)(H,27,29)(H,30,31)/t22-,25?/m0/s1. The van der Waals surface area contributed by atoms with E-state index in [1.807, 2.05) is 12.1 Å². The van der Waals surface area contributed by atoms with E-state index in [0.29, 0.717) is 12.2 Å². The molecule has 184 valence electrons. The van der Waals surface area contributed by atoms with Crippen molar-refractivity contribution in [3.63, 3.8) is 0 Å². The summed E-state index contributed by atoms with van der Waals surface area (Å²) in [5, 5.41) is 14.3. The molecule has 1 aliphatic rings. The normalized spacial score (nSPS) is 20.0. The van der Waals surface area contributed by atoms with E-state index in [9.17, 15) is 14.4 Å². The summed E-state index contributed by atoms with van der Waals surface area (Å²) in [5.41, 5.74) is 1.25. The van der Waals surface area contributed by atoms with Crippen molar-refractivity contribution in [1.82, 2.24) is 15.5 Å². The number of carbonyl (C=O) groups is 3. The summed E-state index contributed by atoms with van der Waals surface area (Å²) in [5.74, 6) is -1.11. The Labute approximate surface area is 197 Å². The maximum atomic E-state index is 12.2. The summed E-state index contributed by atoms with van der Waals surface area (Å²) in [7, 11) is 2.16. The number of carboxylic acids is 1. The minimum absolute atomic E-state index is 0.0538. The Balaban J connectivity index is 1.85. The van der Waals surface area contributed by atoms with Gasteiger partial charge in [-0.15, -0.1) is 0 Å². The number of ether oxygens (including phenoxy) is 1. The Morgan fingerprint density at radius 3 is 2.67 bits per heavy atom. The number of hydrogen-bond acceptors (Lipinski definition) is 5. The number of nitrogens with one attached hydrogen (secondary N) is 2. The molecule has 2 atom stereocenters. The van der Waals surface area contributed by atoms with Crippen LogP contribution in [0.2, 0.25) is 0 Å². The minimum Gasteiger partial charge on any atom is -0.480 e. The Morgan fingerprint density at radius 1 is 1.24 bits per heavy atom. The summed E-state index contributed by atoms with van der Waals surface area (Å²) < 4.78 is 5.49. The van der Waals surface area contributed by atoms with Crippen LogP contribution in [0.15, 0.2) is 24.3 Å². The summed E-state index contributed by atoms with van der Waals surface area (Å²) in [6, 6.07) is 6.87. The molecule has 1 aliphatic heterocycles. The van der Waals surface area contributed by atoms with Crippen LogP contribution in [0, 0.1) is 5.92 Å². The van der Waals surface area contributed by atoms with E-state index in [0.717, 1.165) is 25.9 Å². The number of benzene rings is 1. The molecule has 2 rings (SSSR count). The second-order valence-corrected chi connectivity index (χ2v) is 9.40. The number of likely N-dealkylation sites (tertiary alicyclic amines) is 1. The van der Waals surface area contributed by atoms with E-state index in [4.69, 9.17) is 9.84 Å². The van der Waals surface area contributed by atoms with Crippen LogP contribution in [0.5, 0.6) is 5.75 Å². The third-order valence-corrected chi connectivity index (χ3v) is 6.45. The van der Waals surface area contributed by atoms with Crippen LogP contribution >= 0.6 is 0 Å². The SMILES string of the molecule is CCC1(c2cccc(OC(=O)NCCCC(=O)N[C@H](C(=O)O)C(C)C)c2)CCCCN(C)C1. The van der Waals surface area contributed by atoms with Crippen molar-refractivity contribution in [3.8, 4) is 5.75 Å². The quantitative estimate of drug-likeness (QED) is 0.460. The topological polar surface area (TPSA) is 108 Å². The van der Waals surface area contributed by atoms with Crippen molar-refractivity contribution in [3.05, 3.63) is 29.8 Å². The molecule has 3 N–H and O–H groups in total. The molecule has 1 unspecified atom stereocenters. The zero-order valence-electron chi connectivity index (χ0n) is 20.4. The second kappa shape index (κ2) is 12.6. The third kappa shape index (κ3) is 8.03. The van der Waals surface area contributed by atoms with E-state index < -0.39 is 18.1 Å². The number of carboxylic acid groups (broad SMARTS) is 1. The summed E-state index contributed by atoms with van der Waals surface area (Å²) >= 11 is 0. The van der Waals surface area contributed by atoms with Crippen LogP contribution in [-0.4, -0.2) is 60.7 Å². The molecule has 1 aromatic carbocycles. The van der Waals surface area contributed by atoms with E-state index in [1.54, 1.807) is 19.9 Å². The second-order valence-electron chi connectivity index (χ2n) is 9.40. The molecule has 2 amide bonds. The van der Waals surface area contributed by atoms with E-state index in [2.05, 4.69) is 35.6 Å². The van der Waals surface area contributed by atoms with Gasteiger partial charge in [-0.25, -0.2) is 9.59 Å². The molecule has 1 aromatic rings. The maximum Gasteiger partial charge on any atom is 0.412 e. The molecule has 0 aliphatic carbocycles. The van der Waals surface area contributed by atoms with Crippen LogP contribution in [-0.2, 0) is 15.0 Å². The fourth-order valence-corrected chi connectivity index (χ4v) is 4.48. The van der Waals surface area contributed by atoms with Gasteiger partial charge in [0.1, 0.15) is 11.8 Å². The summed E-state index contributed by atoms with van der Waals surface area (Å²) in [4.78, 5) is 37.8. The van der Waals surface area contributed by atoms with Gasteiger partial charge in [-0.1, -0.05) is 39.3 Å². The van der Waals surface area contributed by atoms with Crippen molar-refractivity contribution in [2.75, 3.05) is 26.7 Å². The molecular weight excluding hydrogens is 422 g/mol. The number of rotatable bonds is 10. The smallest absolute Gasteiger partial charge is 0.412 e. The predicted octanol–water partition coefficient (Wildman–Crippen LogP) is 3.54. The molecule has 1 saturated heterocycles. The Bertz CT molecular complexity index is 813. The van der Waals surface area contributed by atoms with Gasteiger partial charge >= 0.3 is 12.1 Å². The predicted molar refractivity (Wildman–Crippen MR) is 127 cm³/mol. The first kappa shape index (κ1) is 26.6. The van der Waals surface area contributed by atoms with Crippen LogP contribution in [0.1, 0.15) is 64.9 Å². The zero-order chi connectivity index (χ0) is 24.4. The Morgan fingerprint density at radius 2 is 2.00 bits per heavy atom. The first-order valence-corrected chi connectivity index (χ1v) is 11.9. The maximum absolute atomic E-state index is 12.2. The highest BCUT2D eigenvalue weighted by molar-refractivity contribution is 5.83. The van der Waals surface area contributed by atoms with Gasteiger partial charge in [0, 0.05) is 24.9 Å². The molecular formula is C25H39N3O5. The first-order valence-electron chi connectivity index (χ1n) is 11.9. The van der Waals surface area contributed by atoms with E-state index in [1.165, 1.54) is 18.4 Å². The molecule has 1 fully saturated rings. The zero-order valence-corrected chi connectivity index (χ0v) is 20.4. The largest absolute Gasteiger partial charge is 0.480 e. The third-order valence-electron chi connectivity index (χ3n) is 6.45. The van der Waals surface area contributed by atoms with Crippen molar-refractivity contribution in [2.24, 2.45) is 5.92 Å². The van der Waals surface area contributed by atoms with Gasteiger partial charge in [-0.2, -0.15) is 0 Å². The van der Waals surface area contributed by atoms with Gasteiger partial charge in [0.25, 0.3) is 0 Å². The van der Waals surface area contributed by atoms with Crippen LogP contribution < -0.4 is 15.4 Å². The number of hydrogen-bond donors (Lipinski definition) is 3. The molecule has 0 spiro atoms. The molecule has 33 heavy (non-hydrogen) atoms. The van der Waals surface area contributed by atoms with Gasteiger partial charge in [-0.3, -0.25) is 4.79 Å². The molecule has 0 aromatic heterocycles. The van der Waals surface area contributed by atoms with Crippen LogP contribution in [0.4, 0.5) is 4.79 Å². The van der Waals surface area contributed by atoms with Crippen molar-refractivity contribution in [2.45, 2.75) is 70.8 Å². The van der Waals surface area contributed by atoms with Crippen molar-refractivity contribution < 1.29 is 24.2 Å². The number of amides is 2. The first-order chi connectivity index (χ1) is 15.7. The minimum atomic E-state index is -1.05. The summed E-state index contributed by atoms with van der Waals surface area (Å²) in [6.07, 6.45) is 4.46. The molecule has 0 radical (unpaired) electrons. The highest BCUT2D eigenvalue weighted by Gasteiger charge is 2.33. The lowest BCUT2D eigenvalue weighted by Gasteiger charge is -2.35. The van der Waals surface area contributed by atoms with Gasteiger partial charge in [0.05, 0.1) is 0 Å². The van der Waals surface area contributed by atoms with Crippen molar-refractivity contribution >= 4 is 18.0 Å². The van der Waals surface area contributed by atoms with Crippen molar-refractivity contribution in [1.29, 1.82) is 0 Å². The number of likely N-dealkylation sites (N-methyl/N-ethyl adjacent to an activating group) is 1. The van der Waals surface area contributed by atoms with Gasteiger partial charge < -0.3 is 25.4 Å². The highest BCUT2D eigenvalue weighted by Crippen LogP contribution is 2.37. The molecule has 0 bridgehead atoms. The highest BCUT2D eigenvalue weighted by atomic mass is 16.6. The molecule has 8 nitrogen and oxygen atoms in total. The fourth-order valence-electron chi connectivity index (χ4n) is 4.48. The van der Waals surface area contributed by atoms with Gasteiger partial charge in [0.15, 0.2) is 0 Å². The lowest BCUT2D eigenvalue weighted by Crippen LogP contribution is -2.44. The lowest BCUT2D eigenvalue weighted by atomic mass is 9.74. The average Bonchev–Trinajstić information content (AvgIpc) is 2.96. The van der Waals surface area contributed by atoms with E-state index >= 15 is 0 Å². The molecule has 1 heterocycles. The summed E-state index contributed by atoms with van der Waals surface area (Å²) in [6.45, 7) is 8.04.